The summed E-state index contributed by atoms with van der Waals surface area (Å²) in [5.41, 5.74) is 5.55. The number of carbonyl (C=O) groups excluding carboxylic acids is 1. The smallest absolute Gasteiger partial charge is 0.294 e. The van der Waals surface area contributed by atoms with Crippen LogP contribution >= 0.6 is 12.4 Å². The Morgan fingerprint density at radius 1 is 1.47 bits per heavy atom. The third kappa shape index (κ3) is 4.77. The number of nitrogens with one attached hydrogen (secondary N) is 1. The lowest BCUT2D eigenvalue weighted by molar-refractivity contribution is -0.117. The molecular formula is C10H15ClN2O5S. The second-order valence-corrected chi connectivity index (χ2v) is 5.12. The second kappa shape index (κ2) is 6.83. The van der Waals surface area contributed by atoms with Crippen molar-refractivity contribution in [3.63, 3.8) is 0 Å². The van der Waals surface area contributed by atoms with Crippen molar-refractivity contribution in [3.05, 3.63) is 23.8 Å². The van der Waals surface area contributed by atoms with Crippen LogP contribution in [0.15, 0.2) is 23.1 Å². The van der Waals surface area contributed by atoms with Gasteiger partial charge in [0.25, 0.3) is 10.1 Å². The van der Waals surface area contributed by atoms with Gasteiger partial charge in [-0.1, -0.05) is 6.07 Å². The number of benzene rings is 1. The molecular weight excluding hydrogens is 296 g/mol. The molecule has 1 aromatic rings. The lowest BCUT2D eigenvalue weighted by Crippen LogP contribution is -2.32. The number of amides is 1. The van der Waals surface area contributed by atoms with Crippen LogP contribution in [0.3, 0.4) is 0 Å². The number of anilines is 1. The molecule has 1 rings (SSSR count). The molecule has 0 aliphatic heterocycles. The minimum absolute atomic E-state index is 0. The molecule has 108 valence electrons. The van der Waals surface area contributed by atoms with E-state index in [2.05, 4.69) is 5.32 Å². The summed E-state index contributed by atoms with van der Waals surface area (Å²) >= 11 is 0. The van der Waals surface area contributed by atoms with Gasteiger partial charge >= 0.3 is 0 Å². The molecule has 0 heterocycles. The van der Waals surface area contributed by atoms with E-state index in [1.807, 2.05) is 0 Å². The fourth-order valence-corrected chi connectivity index (χ4v) is 2.00. The molecule has 1 aromatic carbocycles. The molecule has 0 aliphatic rings. The summed E-state index contributed by atoms with van der Waals surface area (Å²) in [6, 6.07) is 3.00. The first kappa shape index (κ1) is 17.8. The van der Waals surface area contributed by atoms with Crippen LogP contribution in [0.2, 0.25) is 0 Å². The summed E-state index contributed by atoms with van der Waals surface area (Å²) < 4.78 is 31.2. The maximum absolute atomic E-state index is 11.3. The first-order chi connectivity index (χ1) is 8.25. The van der Waals surface area contributed by atoms with Crippen molar-refractivity contribution in [2.24, 2.45) is 5.73 Å². The molecule has 0 aromatic heterocycles. The highest BCUT2D eigenvalue weighted by Crippen LogP contribution is 2.20. The zero-order chi connectivity index (χ0) is 13.9. The molecule has 1 atom stereocenters. The Morgan fingerprint density at radius 3 is 2.47 bits per heavy atom. The van der Waals surface area contributed by atoms with Gasteiger partial charge in [-0.05, 0) is 24.6 Å². The van der Waals surface area contributed by atoms with Crippen LogP contribution in [0.1, 0.15) is 12.5 Å². The lowest BCUT2D eigenvalue weighted by Gasteiger charge is -2.10. The fourth-order valence-electron chi connectivity index (χ4n) is 1.26. The first-order valence-electron chi connectivity index (χ1n) is 5.03. The molecule has 0 saturated carbocycles. The van der Waals surface area contributed by atoms with E-state index in [1.165, 1.54) is 19.1 Å². The highest BCUT2D eigenvalue weighted by atomic mass is 35.5. The van der Waals surface area contributed by atoms with Crippen molar-refractivity contribution < 1.29 is 22.9 Å². The van der Waals surface area contributed by atoms with Gasteiger partial charge in [-0.2, -0.15) is 8.42 Å². The Bertz CT molecular complexity index is 559. The molecule has 0 saturated heterocycles. The van der Waals surface area contributed by atoms with E-state index in [0.717, 1.165) is 6.07 Å². The van der Waals surface area contributed by atoms with Gasteiger partial charge in [0.1, 0.15) is 4.90 Å². The van der Waals surface area contributed by atoms with Crippen LogP contribution in [0.5, 0.6) is 0 Å². The van der Waals surface area contributed by atoms with E-state index in [-0.39, 0.29) is 23.7 Å². The number of hydrogen-bond acceptors (Lipinski definition) is 5. The monoisotopic (exact) mass is 310 g/mol. The SMILES string of the molecule is C[C@H](N)C(=O)Nc1ccc(CO)c(S(=O)(=O)O)c1.Cl. The van der Waals surface area contributed by atoms with E-state index in [4.69, 9.17) is 15.4 Å². The summed E-state index contributed by atoms with van der Waals surface area (Å²) in [4.78, 5) is 10.9. The van der Waals surface area contributed by atoms with Gasteiger partial charge in [-0.3, -0.25) is 9.35 Å². The van der Waals surface area contributed by atoms with E-state index in [9.17, 15) is 13.2 Å². The predicted molar refractivity (Wildman–Crippen MR) is 71.7 cm³/mol. The number of aliphatic hydroxyl groups is 1. The predicted octanol–water partition coefficient (Wildman–Crippen LogP) is 0.133. The fraction of sp³-hybridized carbons (Fsp3) is 0.300. The summed E-state index contributed by atoms with van der Waals surface area (Å²) in [5, 5.41) is 11.3. The Balaban J connectivity index is 0.00000324. The van der Waals surface area contributed by atoms with Crippen LogP contribution in [-0.4, -0.2) is 30.0 Å². The van der Waals surface area contributed by atoms with E-state index < -0.39 is 33.6 Å². The van der Waals surface area contributed by atoms with E-state index in [1.54, 1.807) is 0 Å². The standard InChI is InChI=1S/C10H14N2O5S.ClH/c1-6(11)10(14)12-8-3-2-7(5-13)9(4-8)18(15,16)17;/h2-4,6,13H,5,11H2,1H3,(H,12,14)(H,15,16,17);1H/t6-;/m0./s1. The molecule has 0 bridgehead atoms. The summed E-state index contributed by atoms with van der Waals surface area (Å²) in [6.45, 7) is 0.928. The van der Waals surface area contributed by atoms with Gasteiger partial charge in [0.2, 0.25) is 5.91 Å². The van der Waals surface area contributed by atoms with Crippen LogP contribution in [-0.2, 0) is 21.5 Å². The van der Waals surface area contributed by atoms with Gasteiger partial charge < -0.3 is 16.2 Å². The van der Waals surface area contributed by atoms with E-state index in [0.29, 0.717) is 0 Å². The average Bonchev–Trinajstić information content (AvgIpc) is 2.27. The molecule has 9 heteroatoms. The molecule has 0 radical (unpaired) electrons. The number of rotatable bonds is 4. The minimum atomic E-state index is -4.47. The Hall–Kier alpha value is -1.19. The highest BCUT2D eigenvalue weighted by Gasteiger charge is 2.17. The zero-order valence-electron chi connectivity index (χ0n) is 10.0. The van der Waals surface area contributed by atoms with Crippen molar-refractivity contribution in [3.8, 4) is 0 Å². The van der Waals surface area contributed by atoms with Crippen molar-refractivity contribution in [1.29, 1.82) is 0 Å². The quantitative estimate of drug-likeness (QED) is 0.585. The Labute approximate surface area is 117 Å². The maximum Gasteiger partial charge on any atom is 0.294 e. The summed E-state index contributed by atoms with van der Waals surface area (Å²) in [7, 11) is -4.47. The molecule has 7 nitrogen and oxygen atoms in total. The molecule has 0 unspecified atom stereocenters. The molecule has 0 fully saturated rings. The van der Waals surface area contributed by atoms with Crippen molar-refractivity contribution in [1.82, 2.24) is 0 Å². The third-order valence-corrected chi connectivity index (χ3v) is 3.13. The summed E-state index contributed by atoms with van der Waals surface area (Å²) in [6.07, 6.45) is 0. The number of nitrogens with two attached hydrogens (primary N) is 1. The Morgan fingerprint density at radius 2 is 2.05 bits per heavy atom. The van der Waals surface area contributed by atoms with Gasteiger partial charge in [0, 0.05) is 5.69 Å². The van der Waals surface area contributed by atoms with Gasteiger partial charge in [0.15, 0.2) is 0 Å². The van der Waals surface area contributed by atoms with Crippen molar-refractivity contribution in [2.45, 2.75) is 24.5 Å². The minimum Gasteiger partial charge on any atom is -0.392 e. The van der Waals surface area contributed by atoms with Crippen molar-refractivity contribution >= 4 is 34.1 Å². The molecule has 0 aliphatic carbocycles. The third-order valence-electron chi connectivity index (χ3n) is 2.20. The van der Waals surface area contributed by atoms with Crippen LogP contribution in [0.25, 0.3) is 0 Å². The molecule has 1 amide bonds. The summed E-state index contributed by atoms with van der Waals surface area (Å²) in [5.74, 6) is -0.493. The average molecular weight is 311 g/mol. The van der Waals surface area contributed by atoms with E-state index >= 15 is 0 Å². The first-order valence-corrected chi connectivity index (χ1v) is 6.47. The number of halogens is 1. The Kier molecular flexibility index (Phi) is 6.40. The largest absolute Gasteiger partial charge is 0.392 e. The number of hydrogen-bond donors (Lipinski definition) is 4. The number of aliphatic hydroxyl groups excluding tert-OH is 1. The number of carbonyl (C=O) groups is 1. The van der Waals surface area contributed by atoms with Gasteiger partial charge in [-0.15, -0.1) is 12.4 Å². The van der Waals surface area contributed by atoms with Gasteiger partial charge in [-0.25, -0.2) is 0 Å². The highest BCUT2D eigenvalue weighted by molar-refractivity contribution is 7.85. The molecule has 19 heavy (non-hydrogen) atoms. The van der Waals surface area contributed by atoms with Gasteiger partial charge in [0.05, 0.1) is 12.6 Å². The second-order valence-electron chi connectivity index (χ2n) is 3.73. The van der Waals surface area contributed by atoms with Crippen molar-refractivity contribution in [2.75, 3.05) is 5.32 Å². The van der Waals surface area contributed by atoms with Crippen LogP contribution < -0.4 is 11.1 Å². The van der Waals surface area contributed by atoms with Crippen LogP contribution in [0, 0.1) is 0 Å². The zero-order valence-corrected chi connectivity index (χ0v) is 11.7. The normalized spacial score (nSPS) is 12.4. The van der Waals surface area contributed by atoms with Crippen LogP contribution in [0.4, 0.5) is 5.69 Å². The molecule has 5 N–H and O–H groups in total. The lowest BCUT2D eigenvalue weighted by atomic mass is 10.2. The maximum atomic E-state index is 11.3. The topological polar surface area (TPSA) is 130 Å². The molecule has 0 spiro atoms.